The predicted octanol–water partition coefficient (Wildman–Crippen LogP) is 1.52. The van der Waals surface area contributed by atoms with Crippen LogP contribution in [0.3, 0.4) is 0 Å². The Morgan fingerprint density at radius 2 is 2.19 bits per heavy atom. The van der Waals surface area contributed by atoms with Gasteiger partial charge in [-0.1, -0.05) is 0 Å². The Labute approximate surface area is 154 Å². The molecule has 0 saturated carbocycles. The summed E-state index contributed by atoms with van der Waals surface area (Å²) >= 11 is 0. The molecule has 0 saturated heterocycles. The Bertz CT molecular complexity index is 975. The molecule has 8 nitrogen and oxygen atoms in total. The molecule has 0 fully saturated rings. The first-order valence-electron chi connectivity index (χ1n) is 8.45. The maximum absolute atomic E-state index is 13.9. The number of fused-ring (bicyclic) bond motifs is 1. The predicted molar refractivity (Wildman–Crippen MR) is 92.2 cm³/mol. The molecular weight excluding hydrogens is 351 g/mol. The van der Waals surface area contributed by atoms with Gasteiger partial charge in [0.1, 0.15) is 12.3 Å². The lowest BCUT2D eigenvalue weighted by Crippen LogP contribution is -2.37. The summed E-state index contributed by atoms with van der Waals surface area (Å²) in [5.74, 6) is -0.648. The molecule has 3 aromatic rings. The molecule has 0 aliphatic carbocycles. The number of carbonyl (C=O) groups is 1. The minimum absolute atomic E-state index is 0.165. The zero-order valence-electron chi connectivity index (χ0n) is 14.7. The van der Waals surface area contributed by atoms with Gasteiger partial charge in [0.05, 0.1) is 6.20 Å². The fourth-order valence-electron chi connectivity index (χ4n) is 3.15. The second kappa shape index (κ2) is 7.10. The lowest BCUT2D eigenvalue weighted by atomic mass is 10.0. The van der Waals surface area contributed by atoms with Gasteiger partial charge in [0, 0.05) is 56.4 Å². The highest BCUT2D eigenvalue weighted by Crippen LogP contribution is 2.24. The van der Waals surface area contributed by atoms with Crippen molar-refractivity contribution < 1.29 is 13.9 Å². The van der Waals surface area contributed by atoms with E-state index in [1.165, 1.54) is 24.5 Å². The van der Waals surface area contributed by atoms with E-state index in [4.69, 9.17) is 4.74 Å². The van der Waals surface area contributed by atoms with E-state index in [1.54, 1.807) is 22.0 Å². The molecule has 1 aliphatic heterocycles. The Balaban J connectivity index is 1.55. The van der Waals surface area contributed by atoms with E-state index in [0.29, 0.717) is 25.4 Å². The number of hydrogen-bond donors (Lipinski definition) is 0. The van der Waals surface area contributed by atoms with Crippen LogP contribution in [0.4, 0.5) is 4.39 Å². The summed E-state index contributed by atoms with van der Waals surface area (Å²) in [6, 6.07) is 2.70. The van der Waals surface area contributed by atoms with Gasteiger partial charge in [-0.3, -0.25) is 14.5 Å². The quantitative estimate of drug-likeness (QED) is 0.694. The van der Waals surface area contributed by atoms with Crippen molar-refractivity contribution in [2.24, 2.45) is 7.05 Å². The van der Waals surface area contributed by atoms with Crippen molar-refractivity contribution in [3.8, 4) is 5.88 Å². The number of halogens is 1. The van der Waals surface area contributed by atoms with E-state index in [0.717, 1.165) is 17.0 Å². The van der Waals surface area contributed by atoms with Gasteiger partial charge in [-0.25, -0.2) is 14.4 Å². The van der Waals surface area contributed by atoms with Gasteiger partial charge < -0.3 is 9.64 Å². The molecule has 4 rings (SSSR count). The first-order chi connectivity index (χ1) is 13.1. The van der Waals surface area contributed by atoms with E-state index in [9.17, 15) is 9.18 Å². The molecular formula is C18H17FN6O2. The summed E-state index contributed by atoms with van der Waals surface area (Å²) in [6.07, 6.45) is 6.68. The molecule has 3 aromatic heterocycles. The first kappa shape index (κ1) is 17.1. The van der Waals surface area contributed by atoms with Crippen LogP contribution in [0.5, 0.6) is 5.88 Å². The molecule has 9 heteroatoms. The third-order valence-corrected chi connectivity index (χ3v) is 4.47. The molecule has 0 unspecified atom stereocenters. The summed E-state index contributed by atoms with van der Waals surface area (Å²) in [4.78, 5) is 26.2. The minimum Gasteiger partial charge on any atom is -0.470 e. The molecule has 138 valence electrons. The second-order valence-electron chi connectivity index (χ2n) is 6.14. The fraction of sp³-hybridized carbons (Fsp3) is 0.278. The number of aryl methyl sites for hydroxylation is 1. The highest BCUT2D eigenvalue weighted by Gasteiger charge is 2.29. The SMILES string of the molecule is Cn1nc(COc2cnccn2)c2c1CCN(C(=O)c1ncccc1F)C2. The Morgan fingerprint density at radius 1 is 1.30 bits per heavy atom. The molecule has 0 spiro atoms. The van der Waals surface area contributed by atoms with Crippen LogP contribution in [0.25, 0.3) is 0 Å². The molecule has 0 atom stereocenters. The number of aromatic nitrogens is 5. The Hall–Kier alpha value is -3.36. The van der Waals surface area contributed by atoms with Crippen molar-refractivity contribution in [2.45, 2.75) is 19.6 Å². The van der Waals surface area contributed by atoms with Gasteiger partial charge in [-0.2, -0.15) is 5.10 Å². The molecule has 4 heterocycles. The highest BCUT2D eigenvalue weighted by atomic mass is 19.1. The highest BCUT2D eigenvalue weighted by molar-refractivity contribution is 5.92. The van der Waals surface area contributed by atoms with Crippen LogP contribution in [0.1, 0.15) is 27.4 Å². The average Bonchev–Trinajstić information content (AvgIpc) is 3.02. The van der Waals surface area contributed by atoms with Crippen molar-refractivity contribution in [1.29, 1.82) is 0 Å². The van der Waals surface area contributed by atoms with E-state index in [1.807, 2.05) is 7.05 Å². The van der Waals surface area contributed by atoms with E-state index < -0.39 is 11.7 Å². The lowest BCUT2D eigenvalue weighted by Gasteiger charge is -2.27. The Morgan fingerprint density at radius 3 is 2.96 bits per heavy atom. The van der Waals surface area contributed by atoms with E-state index in [2.05, 4.69) is 20.1 Å². The van der Waals surface area contributed by atoms with Crippen LogP contribution in [0, 0.1) is 5.82 Å². The summed E-state index contributed by atoms with van der Waals surface area (Å²) in [5.41, 5.74) is 2.51. The third-order valence-electron chi connectivity index (χ3n) is 4.47. The van der Waals surface area contributed by atoms with Crippen LogP contribution in [0.15, 0.2) is 36.9 Å². The van der Waals surface area contributed by atoms with Crippen molar-refractivity contribution >= 4 is 5.91 Å². The number of carbonyl (C=O) groups excluding carboxylic acids is 1. The molecule has 1 amide bonds. The minimum atomic E-state index is -0.620. The number of rotatable bonds is 4. The van der Waals surface area contributed by atoms with Gasteiger partial charge in [-0.15, -0.1) is 0 Å². The number of pyridine rings is 1. The zero-order valence-corrected chi connectivity index (χ0v) is 14.7. The lowest BCUT2D eigenvalue weighted by molar-refractivity contribution is 0.0721. The van der Waals surface area contributed by atoms with Crippen molar-refractivity contribution in [3.63, 3.8) is 0 Å². The molecule has 0 radical (unpaired) electrons. The van der Waals surface area contributed by atoms with E-state index >= 15 is 0 Å². The summed E-state index contributed by atoms with van der Waals surface area (Å²) in [6.45, 7) is 1.02. The molecule has 0 bridgehead atoms. The van der Waals surface area contributed by atoms with Crippen molar-refractivity contribution in [1.82, 2.24) is 29.6 Å². The van der Waals surface area contributed by atoms with Crippen LogP contribution < -0.4 is 4.74 Å². The van der Waals surface area contributed by atoms with Crippen LogP contribution in [-0.4, -0.2) is 42.1 Å². The molecule has 27 heavy (non-hydrogen) atoms. The molecule has 1 aliphatic rings. The monoisotopic (exact) mass is 368 g/mol. The molecule has 0 aromatic carbocycles. The smallest absolute Gasteiger partial charge is 0.275 e. The second-order valence-corrected chi connectivity index (χ2v) is 6.14. The van der Waals surface area contributed by atoms with Crippen LogP contribution in [-0.2, 0) is 26.6 Å². The fourth-order valence-corrected chi connectivity index (χ4v) is 3.15. The van der Waals surface area contributed by atoms with Crippen LogP contribution in [0.2, 0.25) is 0 Å². The Kier molecular flexibility index (Phi) is 4.49. The van der Waals surface area contributed by atoms with Gasteiger partial charge in [-0.05, 0) is 12.1 Å². The van der Waals surface area contributed by atoms with Gasteiger partial charge in [0.25, 0.3) is 5.91 Å². The average molecular weight is 368 g/mol. The van der Waals surface area contributed by atoms with Gasteiger partial charge in [0.15, 0.2) is 11.5 Å². The number of amides is 1. The van der Waals surface area contributed by atoms with Gasteiger partial charge >= 0.3 is 0 Å². The third kappa shape index (κ3) is 3.35. The maximum Gasteiger partial charge on any atom is 0.275 e. The zero-order chi connectivity index (χ0) is 18.8. The van der Waals surface area contributed by atoms with Crippen molar-refractivity contribution in [3.05, 3.63) is 65.4 Å². The largest absolute Gasteiger partial charge is 0.470 e. The first-order valence-corrected chi connectivity index (χ1v) is 8.45. The van der Waals surface area contributed by atoms with Crippen molar-refractivity contribution in [2.75, 3.05) is 6.54 Å². The topological polar surface area (TPSA) is 86.0 Å². The normalized spacial score (nSPS) is 13.3. The maximum atomic E-state index is 13.9. The standard InChI is InChI=1S/C18H17FN6O2/c1-24-15-4-8-25(18(26)17-13(19)3-2-5-22-17)10-12(15)14(23-24)11-27-16-9-20-6-7-21-16/h2-3,5-7,9H,4,8,10-11H2,1H3. The van der Waals surface area contributed by atoms with E-state index in [-0.39, 0.29) is 12.3 Å². The summed E-state index contributed by atoms with van der Waals surface area (Å²) in [5, 5.41) is 4.51. The number of hydrogen-bond acceptors (Lipinski definition) is 6. The molecule has 0 N–H and O–H groups in total. The summed E-state index contributed by atoms with van der Waals surface area (Å²) < 4.78 is 21.4. The number of nitrogens with zero attached hydrogens (tertiary/aromatic N) is 6. The number of ether oxygens (including phenoxy) is 1. The van der Waals surface area contributed by atoms with Gasteiger partial charge in [0.2, 0.25) is 5.88 Å². The summed E-state index contributed by atoms with van der Waals surface area (Å²) in [7, 11) is 1.86. The van der Waals surface area contributed by atoms with Crippen LogP contribution >= 0.6 is 0 Å².